The molecule has 0 saturated carbocycles. The summed E-state index contributed by atoms with van der Waals surface area (Å²) in [7, 11) is 1.30. The molecule has 210 valence electrons. The van der Waals surface area contributed by atoms with E-state index in [-0.39, 0.29) is 23.8 Å². The van der Waals surface area contributed by atoms with Crippen LogP contribution in [0, 0.1) is 0 Å². The molecule has 0 spiro atoms. The Morgan fingerprint density at radius 2 is 1.95 bits per heavy atom. The highest BCUT2D eigenvalue weighted by atomic mass is 32.2. The molecular weight excluding hydrogens is 540 g/mol. The van der Waals surface area contributed by atoms with Crippen LogP contribution in [0.3, 0.4) is 0 Å². The van der Waals surface area contributed by atoms with Gasteiger partial charge in [0.1, 0.15) is 24.1 Å². The normalized spacial score (nSPS) is 19.5. The SMILES string of the molecule is CON=Nc1cccc(C(C(=O)NC2C(=O)N3C(C(=O)[O-])=C(C[n+]4ccccc4)CS[C@H]23)C(=O)OC(C)(C)C)n1. The number of rotatable bonds is 9. The summed E-state index contributed by atoms with van der Waals surface area (Å²) in [5, 5.41) is 21.1. The van der Waals surface area contributed by atoms with Crippen molar-refractivity contribution in [3.63, 3.8) is 0 Å². The number of aliphatic carboxylic acids is 1. The van der Waals surface area contributed by atoms with E-state index in [1.54, 1.807) is 37.7 Å². The number of β-lactam (4-membered cyclic amide) rings is 1. The van der Waals surface area contributed by atoms with Crippen LogP contribution in [0.5, 0.6) is 0 Å². The first-order valence-corrected chi connectivity index (χ1v) is 13.3. The number of hydrogen-bond donors (Lipinski definition) is 1. The van der Waals surface area contributed by atoms with Gasteiger partial charge in [0.25, 0.3) is 5.91 Å². The van der Waals surface area contributed by atoms with Crippen molar-refractivity contribution in [2.75, 3.05) is 12.9 Å². The van der Waals surface area contributed by atoms with Gasteiger partial charge in [0, 0.05) is 28.7 Å². The molecule has 0 radical (unpaired) electrons. The Bertz CT molecular complexity index is 1380. The minimum atomic E-state index is -1.53. The number of carboxylic acid groups (broad SMARTS) is 1. The number of nitrogens with one attached hydrogen (secondary N) is 1. The topological polar surface area (TPSA) is 167 Å². The van der Waals surface area contributed by atoms with Gasteiger partial charge in [-0.25, -0.2) is 9.55 Å². The van der Waals surface area contributed by atoms with E-state index in [2.05, 4.69) is 25.5 Å². The summed E-state index contributed by atoms with van der Waals surface area (Å²) < 4.78 is 7.26. The van der Waals surface area contributed by atoms with Crippen molar-refractivity contribution in [2.24, 2.45) is 10.4 Å². The Hall–Kier alpha value is -4.33. The predicted molar refractivity (Wildman–Crippen MR) is 138 cm³/mol. The Kier molecular flexibility index (Phi) is 8.47. The largest absolute Gasteiger partial charge is 0.543 e. The fourth-order valence-electron chi connectivity index (χ4n) is 4.25. The number of esters is 1. The number of nitrogens with zero attached hydrogens (tertiary/aromatic N) is 5. The molecule has 1 N–H and O–H groups in total. The summed E-state index contributed by atoms with van der Waals surface area (Å²) in [6.45, 7) is 5.22. The Morgan fingerprint density at radius 3 is 2.60 bits per heavy atom. The number of carbonyl (C=O) groups excluding carboxylic acids is 4. The van der Waals surface area contributed by atoms with Crippen molar-refractivity contribution in [3.05, 3.63) is 65.8 Å². The van der Waals surface area contributed by atoms with Crippen molar-refractivity contribution in [2.45, 2.75) is 50.3 Å². The second-order valence-electron chi connectivity index (χ2n) is 9.93. The molecule has 2 aliphatic heterocycles. The highest BCUT2D eigenvalue weighted by Crippen LogP contribution is 2.40. The molecule has 1 fully saturated rings. The number of carbonyl (C=O) groups is 4. The maximum Gasteiger partial charge on any atom is 0.325 e. The van der Waals surface area contributed by atoms with Crippen molar-refractivity contribution >= 4 is 41.3 Å². The van der Waals surface area contributed by atoms with Crippen molar-refractivity contribution in [1.29, 1.82) is 0 Å². The van der Waals surface area contributed by atoms with E-state index in [0.717, 1.165) is 4.90 Å². The van der Waals surface area contributed by atoms with E-state index in [4.69, 9.17) is 4.74 Å². The van der Waals surface area contributed by atoms with Gasteiger partial charge in [0.15, 0.2) is 30.7 Å². The summed E-state index contributed by atoms with van der Waals surface area (Å²) in [4.78, 5) is 61.8. The van der Waals surface area contributed by atoms with Crippen LogP contribution in [0.1, 0.15) is 32.4 Å². The standard InChI is InChI=1S/C26H28N6O7S/c1-26(2,3)39-25(37)18(16-9-8-10-17(27-16)29-30-38-4)21(33)28-19-22(34)32-20(24(35)36)15(14-40-23(19)32)13-31-11-6-5-7-12-31/h5-12,18-19,23H,13-14H2,1-4H3,(H-,28,33,35,36)/t18?,19?,23-/m1/s1. The number of amides is 2. The molecule has 0 aromatic carbocycles. The first kappa shape index (κ1) is 28.7. The summed E-state index contributed by atoms with van der Waals surface area (Å²) in [5.41, 5.74) is -0.588. The first-order chi connectivity index (χ1) is 19.0. The molecule has 4 rings (SSSR count). The van der Waals surface area contributed by atoms with Crippen LogP contribution >= 0.6 is 11.8 Å². The number of thioether (sulfide) groups is 1. The summed E-state index contributed by atoms with van der Waals surface area (Å²) in [5.74, 6) is -4.96. The van der Waals surface area contributed by atoms with Gasteiger partial charge in [-0.15, -0.1) is 11.8 Å². The fourth-order valence-corrected chi connectivity index (χ4v) is 5.59. The zero-order valence-electron chi connectivity index (χ0n) is 22.3. The first-order valence-electron chi connectivity index (χ1n) is 12.3. The molecular formula is C26H28N6O7S. The monoisotopic (exact) mass is 568 g/mol. The third-order valence-corrected chi connectivity index (χ3v) is 7.21. The molecule has 2 aromatic heterocycles. The van der Waals surface area contributed by atoms with Crippen LogP contribution in [-0.4, -0.2) is 63.5 Å². The van der Waals surface area contributed by atoms with Crippen molar-refractivity contribution in [3.8, 4) is 0 Å². The van der Waals surface area contributed by atoms with Gasteiger partial charge in [0.05, 0.1) is 17.4 Å². The highest BCUT2D eigenvalue weighted by Gasteiger charge is 2.54. The van der Waals surface area contributed by atoms with Crippen LogP contribution in [0.2, 0.25) is 0 Å². The summed E-state index contributed by atoms with van der Waals surface area (Å²) in [6.07, 6.45) is 3.57. The lowest BCUT2D eigenvalue weighted by Crippen LogP contribution is -2.71. The number of aromatic nitrogens is 2. The van der Waals surface area contributed by atoms with E-state index in [9.17, 15) is 24.3 Å². The van der Waals surface area contributed by atoms with Gasteiger partial charge in [0.2, 0.25) is 5.91 Å². The molecule has 2 amide bonds. The second-order valence-corrected chi connectivity index (χ2v) is 11.0. The molecule has 2 aliphatic rings. The quantitative estimate of drug-likeness (QED) is 0.113. The smallest absolute Gasteiger partial charge is 0.325 e. The van der Waals surface area contributed by atoms with E-state index in [1.165, 1.54) is 37.1 Å². The second kappa shape index (κ2) is 11.8. The molecule has 4 heterocycles. The van der Waals surface area contributed by atoms with Gasteiger partial charge in [-0.2, -0.15) is 0 Å². The molecule has 2 unspecified atom stereocenters. The predicted octanol–water partition coefficient (Wildman–Crippen LogP) is 0.544. The number of ether oxygens (including phenoxy) is 1. The lowest BCUT2D eigenvalue weighted by molar-refractivity contribution is -0.689. The maximum atomic E-state index is 13.5. The average Bonchev–Trinajstić information content (AvgIpc) is 2.90. The summed E-state index contributed by atoms with van der Waals surface area (Å²) in [6, 6.07) is 8.87. The molecule has 0 bridgehead atoms. The van der Waals surface area contributed by atoms with Crippen LogP contribution in [0.25, 0.3) is 0 Å². The molecule has 40 heavy (non-hydrogen) atoms. The van der Waals surface area contributed by atoms with E-state index < -0.39 is 46.7 Å². The third-order valence-electron chi connectivity index (χ3n) is 5.87. The van der Waals surface area contributed by atoms with Crippen molar-refractivity contribution < 1.29 is 38.4 Å². The molecule has 14 heteroatoms. The lowest BCUT2D eigenvalue weighted by Gasteiger charge is -2.50. The number of carboxylic acids is 1. The zero-order valence-corrected chi connectivity index (χ0v) is 23.1. The zero-order chi connectivity index (χ0) is 29.0. The van der Waals surface area contributed by atoms with E-state index in [1.807, 2.05) is 18.2 Å². The molecule has 1 saturated heterocycles. The van der Waals surface area contributed by atoms with Gasteiger partial charge in [-0.1, -0.05) is 17.2 Å². The minimum Gasteiger partial charge on any atom is -0.543 e. The molecule has 2 aromatic rings. The highest BCUT2D eigenvalue weighted by molar-refractivity contribution is 8.00. The van der Waals surface area contributed by atoms with Gasteiger partial charge < -0.3 is 24.8 Å². The molecule has 13 nitrogen and oxygen atoms in total. The van der Waals surface area contributed by atoms with Crippen LogP contribution in [0.15, 0.2) is 70.5 Å². The lowest BCUT2D eigenvalue weighted by atomic mass is 9.99. The maximum absolute atomic E-state index is 13.5. The molecule has 3 atom stereocenters. The van der Waals surface area contributed by atoms with Gasteiger partial charge in [-0.05, 0) is 32.9 Å². The van der Waals surface area contributed by atoms with E-state index in [0.29, 0.717) is 11.3 Å². The van der Waals surface area contributed by atoms with Crippen LogP contribution < -0.4 is 15.0 Å². The number of pyridine rings is 2. The third kappa shape index (κ3) is 6.28. The Morgan fingerprint density at radius 1 is 1.23 bits per heavy atom. The average molecular weight is 569 g/mol. The number of hydrogen-bond acceptors (Lipinski definition) is 11. The Labute approximate surface area is 234 Å². The summed E-state index contributed by atoms with van der Waals surface area (Å²) >= 11 is 1.31. The van der Waals surface area contributed by atoms with Crippen LogP contribution in [-0.2, 0) is 35.3 Å². The van der Waals surface area contributed by atoms with Gasteiger partial charge >= 0.3 is 5.97 Å². The van der Waals surface area contributed by atoms with Crippen LogP contribution in [0.4, 0.5) is 5.82 Å². The van der Waals surface area contributed by atoms with Crippen molar-refractivity contribution in [1.82, 2.24) is 15.2 Å². The Balaban J connectivity index is 1.58. The van der Waals surface area contributed by atoms with E-state index >= 15 is 0 Å². The molecule has 0 aliphatic carbocycles. The minimum absolute atomic E-state index is 0.0247. The fraction of sp³-hybridized carbons (Fsp3) is 0.385. The number of fused-ring (bicyclic) bond motifs is 1. The van der Waals surface area contributed by atoms with Gasteiger partial charge in [-0.3, -0.25) is 19.3 Å².